The zero-order valence-corrected chi connectivity index (χ0v) is 15.2. The van der Waals surface area contributed by atoms with Crippen LogP contribution in [0, 0.1) is 0 Å². The highest BCUT2D eigenvalue weighted by atomic mass is 79.9. The summed E-state index contributed by atoms with van der Waals surface area (Å²) in [7, 11) is 0. The number of hydrogen-bond acceptors (Lipinski definition) is 4. The van der Waals surface area contributed by atoms with Crippen LogP contribution in [0.5, 0.6) is 5.75 Å². The van der Waals surface area contributed by atoms with Gasteiger partial charge in [-0.25, -0.2) is 4.79 Å². The third kappa shape index (κ3) is 6.66. The summed E-state index contributed by atoms with van der Waals surface area (Å²) < 4.78 is 5.88. The normalized spacial score (nSPS) is 12.8. The lowest BCUT2D eigenvalue weighted by Gasteiger charge is -2.22. The molecule has 1 aromatic carbocycles. The minimum Gasteiger partial charge on any atom is -0.506 e. The van der Waals surface area contributed by atoms with Crippen molar-refractivity contribution in [2.45, 2.75) is 52.3 Å². The van der Waals surface area contributed by atoms with Crippen LogP contribution in [0.4, 0.5) is 4.79 Å². The highest BCUT2D eigenvalue weighted by Crippen LogP contribution is 2.27. The molecule has 0 aromatic heterocycles. The molecule has 1 unspecified atom stereocenters. The average molecular weight is 373 g/mol. The predicted molar refractivity (Wildman–Crippen MR) is 91.0 cm³/mol. The predicted octanol–water partition coefficient (Wildman–Crippen LogP) is 3.55. The first-order chi connectivity index (χ1) is 10.2. The fourth-order valence-corrected chi connectivity index (χ4v) is 2.25. The van der Waals surface area contributed by atoms with Crippen molar-refractivity contribution in [1.29, 1.82) is 0 Å². The van der Waals surface area contributed by atoms with Crippen LogP contribution < -0.4 is 10.6 Å². The van der Waals surface area contributed by atoms with E-state index in [1.807, 2.05) is 39.8 Å². The van der Waals surface area contributed by atoms with Gasteiger partial charge in [0.1, 0.15) is 11.4 Å². The molecule has 0 spiro atoms. The van der Waals surface area contributed by atoms with Gasteiger partial charge in [0.05, 0.1) is 4.47 Å². The van der Waals surface area contributed by atoms with Crippen LogP contribution in [0.3, 0.4) is 0 Å². The molecular weight excluding hydrogens is 348 g/mol. The monoisotopic (exact) mass is 372 g/mol. The van der Waals surface area contributed by atoms with Crippen molar-refractivity contribution in [3.05, 3.63) is 28.2 Å². The topological polar surface area (TPSA) is 70.6 Å². The maximum absolute atomic E-state index is 11.6. The van der Waals surface area contributed by atoms with Crippen LogP contribution in [0.15, 0.2) is 22.7 Å². The Morgan fingerprint density at radius 2 is 2.09 bits per heavy atom. The molecule has 0 bridgehead atoms. The third-order valence-corrected chi connectivity index (χ3v) is 3.68. The zero-order valence-electron chi connectivity index (χ0n) is 13.6. The Labute approximate surface area is 140 Å². The molecule has 0 aliphatic carbocycles. The quantitative estimate of drug-likeness (QED) is 0.713. The number of carbonyl (C=O) groups is 1. The van der Waals surface area contributed by atoms with Crippen LogP contribution in [0.25, 0.3) is 0 Å². The maximum atomic E-state index is 11.6. The second-order valence-electron chi connectivity index (χ2n) is 6.12. The number of aromatic hydroxyl groups is 1. The van der Waals surface area contributed by atoms with Crippen molar-refractivity contribution >= 4 is 22.0 Å². The number of phenols is 1. The van der Waals surface area contributed by atoms with Gasteiger partial charge >= 0.3 is 6.09 Å². The molecule has 3 N–H and O–H groups in total. The van der Waals surface area contributed by atoms with Crippen molar-refractivity contribution in [2.75, 3.05) is 6.54 Å². The molecule has 0 radical (unpaired) electrons. The van der Waals surface area contributed by atoms with E-state index < -0.39 is 11.7 Å². The SMILES string of the molecule is CCC(CNC(=O)OC(C)(C)C)NCc1cccc(Br)c1O. The fourth-order valence-electron chi connectivity index (χ4n) is 1.84. The number of hydrogen-bond donors (Lipinski definition) is 3. The van der Waals surface area contributed by atoms with Gasteiger partial charge in [-0.3, -0.25) is 0 Å². The molecule has 22 heavy (non-hydrogen) atoms. The van der Waals surface area contributed by atoms with E-state index in [-0.39, 0.29) is 11.8 Å². The molecule has 124 valence electrons. The number of benzene rings is 1. The molecule has 0 aliphatic heterocycles. The minimum absolute atomic E-state index is 0.103. The zero-order chi connectivity index (χ0) is 16.8. The van der Waals surface area contributed by atoms with Crippen LogP contribution in [0.1, 0.15) is 39.7 Å². The van der Waals surface area contributed by atoms with E-state index in [9.17, 15) is 9.90 Å². The Kier molecular flexibility index (Phi) is 7.16. The molecular formula is C16H25BrN2O3. The summed E-state index contributed by atoms with van der Waals surface area (Å²) in [6.45, 7) is 8.53. The molecule has 1 atom stereocenters. The first kappa shape index (κ1) is 18.8. The molecule has 0 aliphatic rings. The van der Waals surface area contributed by atoms with E-state index in [4.69, 9.17) is 4.74 Å². The van der Waals surface area contributed by atoms with Gasteiger partial charge in [0.15, 0.2) is 0 Å². The van der Waals surface area contributed by atoms with Crippen molar-refractivity contribution in [2.24, 2.45) is 0 Å². The number of amides is 1. The largest absolute Gasteiger partial charge is 0.506 e. The summed E-state index contributed by atoms with van der Waals surface area (Å²) in [5, 5.41) is 16.0. The van der Waals surface area contributed by atoms with E-state index in [1.165, 1.54) is 0 Å². The summed E-state index contributed by atoms with van der Waals surface area (Å²) in [4.78, 5) is 11.6. The van der Waals surface area contributed by atoms with Crippen molar-refractivity contribution in [3.63, 3.8) is 0 Å². The highest BCUT2D eigenvalue weighted by Gasteiger charge is 2.17. The van der Waals surface area contributed by atoms with Gasteiger partial charge in [-0.2, -0.15) is 0 Å². The molecule has 6 heteroatoms. The van der Waals surface area contributed by atoms with Gasteiger partial charge in [0.2, 0.25) is 0 Å². The van der Waals surface area contributed by atoms with E-state index >= 15 is 0 Å². The first-order valence-corrected chi connectivity index (χ1v) is 8.18. The Morgan fingerprint density at radius 1 is 1.41 bits per heavy atom. The molecule has 0 saturated heterocycles. The van der Waals surface area contributed by atoms with Crippen LogP contribution in [-0.2, 0) is 11.3 Å². The summed E-state index contributed by atoms with van der Waals surface area (Å²) in [6, 6.07) is 5.63. The number of nitrogens with one attached hydrogen (secondary N) is 2. The lowest BCUT2D eigenvalue weighted by molar-refractivity contribution is 0.0522. The Bertz CT molecular complexity index is 501. The number of carbonyl (C=O) groups excluding carboxylic acids is 1. The third-order valence-electron chi connectivity index (χ3n) is 3.04. The maximum Gasteiger partial charge on any atom is 0.407 e. The Balaban J connectivity index is 2.45. The summed E-state index contributed by atoms with van der Waals surface area (Å²) >= 11 is 3.30. The van der Waals surface area contributed by atoms with Gasteiger partial charge in [-0.1, -0.05) is 19.1 Å². The Hall–Kier alpha value is -1.27. The Morgan fingerprint density at radius 3 is 2.68 bits per heavy atom. The number of halogens is 1. The van der Waals surface area contributed by atoms with E-state index in [0.717, 1.165) is 12.0 Å². The van der Waals surface area contributed by atoms with Crippen LogP contribution >= 0.6 is 15.9 Å². The average Bonchev–Trinajstić information content (AvgIpc) is 2.41. The molecule has 5 nitrogen and oxygen atoms in total. The van der Waals surface area contributed by atoms with Crippen LogP contribution in [0.2, 0.25) is 0 Å². The van der Waals surface area contributed by atoms with Gasteiger partial charge < -0.3 is 20.5 Å². The standard InChI is InChI=1S/C16H25BrN2O3/c1-5-12(10-19-15(21)22-16(2,3)4)18-9-11-7-6-8-13(17)14(11)20/h6-8,12,18,20H,5,9-10H2,1-4H3,(H,19,21). The van der Waals surface area contributed by atoms with Gasteiger partial charge in [0.25, 0.3) is 0 Å². The molecule has 1 rings (SSSR count). The van der Waals surface area contributed by atoms with Crippen molar-refractivity contribution in [3.8, 4) is 5.75 Å². The van der Waals surface area contributed by atoms with E-state index in [1.54, 1.807) is 6.07 Å². The lowest BCUT2D eigenvalue weighted by atomic mass is 10.1. The molecule has 0 heterocycles. The fraction of sp³-hybridized carbons (Fsp3) is 0.562. The second kappa shape index (κ2) is 8.39. The molecule has 1 amide bonds. The number of phenolic OH excluding ortho intramolecular Hbond substituents is 1. The van der Waals surface area contributed by atoms with Gasteiger partial charge in [0, 0.05) is 24.7 Å². The number of ether oxygens (including phenoxy) is 1. The second-order valence-corrected chi connectivity index (χ2v) is 6.97. The van der Waals surface area contributed by atoms with Gasteiger partial charge in [-0.05, 0) is 49.2 Å². The van der Waals surface area contributed by atoms with E-state index in [2.05, 4.69) is 26.6 Å². The van der Waals surface area contributed by atoms with Crippen molar-refractivity contribution < 1.29 is 14.6 Å². The van der Waals surface area contributed by atoms with E-state index in [0.29, 0.717) is 17.6 Å². The van der Waals surface area contributed by atoms with Crippen molar-refractivity contribution in [1.82, 2.24) is 10.6 Å². The highest BCUT2D eigenvalue weighted by molar-refractivity contribution is 9.10. The summed E-state index contributed by atoms with van der Waals surface area (Å²) in [5.74, 6) is 0.241. The minimum atomic E-state index is -0.499. The number of para-hydroxylation sites is 1. The molecule has 0 fully saturated rings. The molecule has 1 aromatic rings. The summed E-state index contributed by atoms with van der Waals surface area (Å²) in [6.07, 6.45) is 0.433. The molecule has 0 saturated carbocycles. The number of alkyl carbamates (subject to hydrolysis) is 1. The summed E-state index contributed by atoms with van der Waals surface area (Å²) in [5.41, 5.74) is 0.312. The lowest BCUT2D eigenvalue weighted by Crippen LogP contribution is -2.42. The van der Waals surface area contributed by atoms with Crippen LogP contribution in [-0.4, -0.2) is 29.4 Å². The van der Waals surface area contributed by atoms with Gasteiger partial charge in [-0.15, -0.1) is 0 Å². The smallest absolute Gasteiger partial charge is 0.407 e. The number of rotatable bonds is 6. The first-order valence-electron chi connectivity index (χ1n) is 7.39.